The highest BCUT2D eigenvalue weighted by atomic mass is 19.1. The molecule has 298 valence electrons. The molecular weight excluding hydrogens is 713 g/mol. The van der Waals surface area contributed by atoms with E-state index >= 15 is 8.78 Å². The minimum atomic E-state index is -0.158. The van der Waals surface area contributed by atoms with E-state index in [1.165, 1.54) is 49.7 Å². The first-order valence-corrected chi connectivity index (χ1v) is 22.2. The fraction of sp³-hybridized carbons (Fsp3) is 0.473. The van der Waals surface area contributed by atoms with Crippen molar-refractivity contribution in [1.82, 2.24) is 4.98 Å². The quantitative estimate of drug-likeness (QED) is 0.168. The molecule has 4 aromatic carbocycles. The molecule has 1 nitrogen and oxygen atoms in total. The van der Waals surface area contributed by atoms with Gasteiger partial charge in [0.1, 0.15) is 11.6 Å². The Bertz CT molecular complexity index is 2250. The van der Waals surface area contributed by atoms with Crippen molar-refractivity contribution in [3.63, 3.8) is 0 Å². The van der Waals surface area contributed by atoms with E-state index in [0.717, 1.165) is 83.3 Å². The van der Waals surface area contributed by atoms with Crippen LogP contribution in [0.2, 0.25) is 0 Å². The maximum absolute atomic E-state index is 16.0. The number of aromatic nitrogens is 1. The molecule has 0 saturated heterocycles. The fourth-order valence-corrected chi connectivity index (χ4v) is 17.9. The zero-order valence-electron chi connectivity index (χ0n) is 35.5. The summed E-state index contributed by atoms with van der Waals surface area (Å²) < 4.78 is 32.0. The molecule has 5 aromatic rings. The Kier molecular flexibility index (Phi) is 7.51. The molecule has 8 aliphatic carbocycles. The third kappa shape index (κ3) is 5.82. The van der Waals surface area contributed by atoms with Crippen LogP contribution in [0, 0.1) is 44.1 Å². The topological polar surface area (TPSA) is 12.9 Å². The summed E-state index contributed by atoms with van der Waals surface area (Å²) >= 11 is 0. The Hall–Kier alpha value is -4.11. The van der Waals surface area contributed by atoms with E-state index in [4.69, 9.17) is 4.98 Å². The molecule has 0 radical (unpaired) electrons. The second-order valence-electron chi connectivity index (χ2n) is 23.5. The molecular formula is C55H59F2N. The largest absolute Gasteiger partial charge is 0.248 e. The van der Waals surface area contributed by atoms with Crippen molar-refractivity contribution in [1.29, 1.82) is 0 Å². The predicted molar refractivity (Wildman–Crippen MR) is 233 cm³/mol. The highest BCUT2D eigenvalue weighted by Gasteiger charge is 2.65. The summed E-state index contributed by atoms with van der Waals surface area (Å²) in [7, 11) is 0. The lowest BCUT2D eigenvalue weighted by Crippen LogP contribution is -2.60. The van der Waals surface area contributed by atoms with Gasteiger partial charge in [-0.2, -0.15) is 0 Å². The van der Waals surface area contributed by atoms with Gasteiger partial charge in [0.05, 0.1) is 11.4 Å². The van der Waals surface area contributed by atoms with Crippen LogP contribution in [0.1, 0.15) is 130 Å². The van der Waals surface area contributed by atoms with Gasteiger partial charge in [-0.15, -0.1) is 0 Å². The van der Waals surface area contributed by atoms with Crippen LogP contribution < -0.4 is 0 Å². The van der Waals surface area contributed by atoms with Crippen molar-refractivity contribution >= 4 is 0 Å². The van der Waals surface area contributed by atoms with Crippen LogP contribution >= 0.6 is 0 Å². The summed E-state index contributed by atoms with van der Waals surface area (Å²) in [5.41, 5.74) is 11.7. The first kappa shape index (κ1) is 36.9. The SMILES string of the molecule is CC12CC3(C)CC(C)(C1)CC(c1cc(F)cc(-c4ccccc4-c4cccc(-c5ccccc5-c5cc(F)cc(C67CC8(C)CC(C)(CC(C)(C8)C6)C7)c5)n4)c1)(C2)C3. The number of hydrogen-bond donors (Lipinski definition) is 0. The lowest BCUT2D eigenvalue weighted by molar-refractivity contribution is -0.152. The van der Waals surface area contributed by atoms with Crippen molar-refractivity contribution in [3.8, 4) is 44.8 Å². The molecule has 0 aliphatic heterocycles. The minimum absolute atomic E-state index is 0.00100. The lowest BCUT2D eigenvalue weighted by atomic mass is 9.35. The number of benzene rings is 4. The standard InChI is InChI=1S/C55H59F2N/c1-48-24-49(2)26-50(3,25-48)32-54(30-48,31-49)38-18-36(20-40(56)22-38)42-12-7-9-14-44(42)46-16-11-17-47(58-46)45-15-10-8-13-43(45)37-19-39(23-41(57)21-37)55-33-51(4)27-52(5,34-55)29-53(6,28-51)35-55/h7-23H,24-35H2,1-6H3. The van der Waals surface area contributed by atoms with Gasteiger partial charge < -0.3 is 0 Å². The average Bonchev–Trinajstić information content (AvgIpc) is 3.10. The van der Waals surface area contributed by atoms with Crippen molar-refractivity contribution in [2.75, 3.05) is 0 Å². The third-order valence-electron chi connectivity index (χ3n) is 16.5. The summed E-state index contributed by atoms with van der Waals surface area (Å²) in [5.74, 6) is -0.316. The molecule has 13 rings (SSSR count). The summed E-state index contributed by atoms with van der Waals surface area (Å²) in [4.78, 5) is 5.35. The molecule has 0 atom stereocenters. The molecule has 0 spiro atoms. The normalized spacial score (nSPS) is 38.1. The minimum Gasteiger partial charge on any atom is -0.248 e. The second kappa shape index (κ2) is 11.8. The van der Waals surface area contributed by atoms with E-state index in [0.29, 0.717) is 32.5 Å². The second-order valence-corrected chi connectivity index (χ2v) is 23.5. The van der Waals surface area contributed by atoms with E-state index < -0.39 is 0 Å². The third-order valence-corrected chi connectivity index (χ3v) is 16.5. The summed E-state index contributed by atoms with van der Waals surface area (Å²) in [6.07, 6.45) is 14.6. The number of pyridine rings is 1. The first-order chi connectivity index (χ1) is 27.4. The summed E-state index contributed by atoms with van der Waals surface area (Å²) in [6, 6.07) is 34.7. The monoisotopic (exact) mass is 771 g/mol. The van der Waals surface area contributed by atoms with Crippen LogP contribution in [0.5, 0.6) is 0 Å². The number of rotatable bonds is 6. The molecule has 8 saturated carbocycles. The molecule has 0 N–H and O–H groups in total. The van der Waals surface area contributed by atoms with Gasteiger partial charge in [0, 0.05) is 11.1 Å². The summed E-state index contributed by atoms with van der Waals surface area (Å²) in [5, 5.41) is 0. The van der Waals surface area contributed by atoms with Gasteiger partial charge in [-0.25, -0.2) is 13.8 Å². The van der Waals surface area contributed by atoms with Crippen molar-refractivity contribution < 1.29 is 8.78 Å². The van der Waals surface area contributed by atoms with Crippen LogP contribution in [-0.2, 0) is 10.8 Å². The van der Waals surface area contributed by atoms with E-state index in [9.17, 15) is 0 Å². The van der Waals surface area contributed by atoms with Crippen molar-refractivity contribution in [2.24, 2.45) is 32.5 Å². The molecule has 0 amide bonds. The maximum Gasteiger partial charge on any atom is 0.124 e. The number of nitrogens with zero attached hydrogens (tertiary/aromatic N) is 1. The van der Waals surface area contributed by atoms with Gasteiger partial charge in [0.25, 0.3) is 0 Å². The molecule has 1 aromatic heterocycles. The molecule has 8 aliphatic rings. The van der Waals surface area contributed by atoms with E-state index in [-0.39, 0.29) is 22.5 Å². The Labute approximate surface area is 345 Å². The van der Waals surface area contributed by atoms with Crippen LogP contribution in [-0.4, -0.2) is 4.98 Å². The number of hydrogen-bond acceptors (Lipinski definition) is 1. The molecule has 58 heavy (non-hydrogen) atoms. The Morgan fingerprint density at radius 1 is 0.362 bits per heavy atom. The Balaban J connectivity index is 0.970. The van der Waals surface area contributed by atoms with Gasteiger partial charge in [0.15, 0.2) is 0 Å². The van der Waals surface area contributed by atoms with E-state index in [2.05, 4.69) is 120 Å². The van der Waals surface area contributed by atoms with Gasteiger partial charge in [-0.3, -0.25) is 0 Å². The molecule has 0 unspecified atom stereocenters. The smallest absolute Gasteiger partial charge is 0.124 e. The van der Waals surface area contributed by atoms with Crippen LogP contribution in [0.3, 0.4) is 0 Å². The number of halogens is 2. The molecule has 1 heterocycles. The van der Waals surface area contributed by atoms with Crippen LogP contribution in [0.4, 0.5) is 8.78 Å². The molecule has 8 fully saturated rings. The predicted octanol–water partition coefficient (Wildman–Crippen LogP) is 15.3. The summed E-state index contributed by atoms with van der Waals surface area (Å²) in [6.45, 7) is 15.0. The molecule has 8 bridgehead atoms. The van der Waals surface area contributed by atoms with E-state index in [1.54, 1.807) is 12.1 Å². The zero-order valence-corrected chi connectivity index (χ0v) is 35.5. The van der Waals surface area contributed by atoms with Crippen molar-refractivity contribution in [2.45, 2.75) is 129 Å². The maximum atomic E-state index is 16.0. The average molecular weight is 772 g/mol. The lowest BCUT2D eigenvalue weighted by Gasteiger charge is -2.69. The van der Waals surface area contributed by atoms with Gasteiger partial charge in [-0.05, 0) is 190 Å². The van der Waals surface area contributed by atoms with Crippen LogP contribution in [0.15, 0.2) is 103 Å². The van der Waals surface area contributed by atoms with Gasteiger partial charge in [0.2, 0.25) is 0 Å². The van der Waals surface area contributed by atoms with Gasteiger partial charge >= 0.3 is 0 Å². The highest BCUT2D eigenvalue weighted by molar-refractivity contribution is 5.86. The van der Waals surface area contributed by atoms with Crippen LogP contribution in [0.25, 0.3) is 44.8 Å². The Morgan fingerprint density at radius 2 is 0.672 bits per heavy atom. The van der Waals surface area contributed by atoms with E-state index in [1.807, 2.05) is 12.1 Å². The fourth-order valence-electron chi connectivity index (χ4n) is 17.9. The highest BCUT2D eigenvalue weighted by Crippen LogP contribution is 2.75. The van der Waals surface area contributed by atoms with Crippen molar-refractivity contribution in [3.05, 3.63) is 126 Å². The zero-order chi connectivity index (χ0) is 40.1. The van der Waals surface area contributed by atoms with Gasteiger partial charge in [-0.1, -0.05) is 108 Å². The first-order valence-electron chi connectivity index (χ1n) is 22.2. The Morgan fingerprint density at radius 3 is 1.00 bits per heavy atom. The molecule has 3 heteroatoms.